The van der Waals surface area contributed by atoms with Crippen LogP contribution < -0.4 is 0 Å². The topological polar surface area (TPSA) is 46.0 Å². The maximum Gasteiger partial charge on any atom is 0.159 e. The highest BCUT2D eigenvalue weighted by Gasteiger charge is 2.07. The van der Waals surface area contributed by atoms with Gasteiger partial charge in [-0.3, -0.25) is 0 Å². The van der Waals surface area contributed by atoms with Crippen LogP contribution in [0.3, 0.4) is 0 Å². The van der Waals surface area contributed by atoms with Crippen LogP contribution in [0.4, 0.5) is 0 Å². The van der Waals surface area contributed by atoms with Gasteiger partial charge in [0.05, 0.1) is 16.7 Å². The van der Waals surface area contributed by atoms with Gasteiger partial charge in [-0.1, -0.05) is 23.2 Å². The number of aliphatic hydroxyl groups is 1. The molecule has 1 N–H and O–H groups in total. The van der Waals surface area contributed by atoms with Crippen molar-refractivity contribution < 1.29 is 5.11 Å². The third-order valence-corrected chi connectivity index (χ3v) is 3.17. The number of hydrogen-bond donors (Lipinski definition) is 1. The monoisotopic (exact) mass is 268 g/mol. The molecule has 0 saturated carbocycles. The van der Waals surface area contributed by atoms with Crippen LogP contribution in [0, 0.1) is 6.92 Å². The van der Waals surface area contributed by atoms with Gasteiger partial charge in [-0.25, -0.2) is 9.97 Å². The molecule has 1 heterocycles. The van der Waals surface area contributed by atoms with Crippen LogP contribution in [-0.2, 0) is 6.61 Å². The molecule has 2 rings (SSSR count). The van der Waals surface area contributed by atoms with Gasteiger partial charge in [0.15, 0.2) is 5.82 Å². The van der Waals surface area contributed by atoms with E-state index in [0.717, 1.165) is 11.3 Å². The van der Waals surface area contributed by atoms with Crippen molar-refractivity contribution in [3.63, 3.8) is 0 Å². The number of hydrogen-bond acceptors (Lipinski definition) is 3. The Hall–Kier alpha value is -1.16. The summed E-state index contributed by atoms with van der Waals surface area (Å²) in [4.78, 5) is 8.49. The van der Waals surface area contributed by atoms with Crippen LogP contribution in [0.1, 0.15) is 11.3 Å². The summed E-state index contributed by atoms with van der Waals surface area (Å²) < 4.78 is 0. The van der Waals surface area contributed by atoms with Gasteiger partial charge < -0.3 is 5.11 Å². The molecule has 0 atom stereocenters. The Morgan fingerprint density at radius 3 is 2.59 bits per heavy atom. The largest absolute Gasteiger partial charge is 0.392 e. The van der Waals surface area contributed by atoms with Gasteiger partial charge in [0.25, 0.3) is 0 Å². The average molecular weight is 269 g/mol. The van der Waals surface area contributed by atoms with Crippen LogP contribution in [0.25, 0.3) is 11.4 Å². The third kappa shape index (κ3) is 2.57. The first kappa shape index (κ1) is 12.3. The highest BCUT2D eigenvalue weighted by molar-refractivity contribution is 6.42. The molecule has 1 aromatic carbocycles. The minimum absolute atomic E-state index is 0.0620. The van der Waals surface area contributed by atoms with Gasteiger partial charge in [0, 0.05) is 23.0 Å². The summed E-state index contributed by atoms with van der Waals surface area (Å²) in [6.45, 7) is 1.77. The zero-order valence-electron chi connectivity index (χ0n) is 9.11. The Morgan fingerprint density at radius 2 is 2.00 bits per heavy atom. The van der Waals surface area contributed by atoms with Gasteiger partial charge in [-0.2, -0.15) is 0 Å². The molecule has 0 amide bonds. The van der Waals surface area contributed by atoms with Crippen molar-refractivity contribution in [2.45, 2.75) is 13.5 Å². The summed E-state index contributed by atoms with van der Waals surface area (Å²) in [6, 6.07) is 5.23. The molecule has 0 radical (unpaired) electrons. The molecule has 0 aliphatic rings. The van der Waals surface area contributed by atoms with Gasteiger partial charge in [-0.05, 0) is 25.1 Å². The second kappa shape index (κ2) is 5.00. The fraction of sp³-hybridized carbons (Fsp3) is 0.167. The van der Waals surface area contributed by atoms with Crippen LogP contribution in [0.2, 0.25) is 10.0 Å². The molecule has 88 valence electrons. The maximum absolute atomic E-state index is 9.04. The van der Waals surface area contributed by atoms with Gasteiger partial charge >= 0.3 is 0 Å². The van der Waals surface area contributed by atoms with E-state index in [4.69, 9.17) is 28.3 Å². The minimum atomic E-state index is -0.0620. The van der Waals surface area contributed by atoms with Gasteiger partial charge in [0.2, 0.25) is 0 Å². The van der Waals surface area contributed by atoms with Crippen LogP contribution >= 0.6 is 23.2 Å². The predicted octanol–water partition coefficient (Wildman–Crippen LogP) is 3.25. The Kier molecular flexibility index (Phi) is 3.62. The summed E-state index contributed by atoms with van der Waals surface area (Å²) in [5, 5.41) is 10.0. The van der Waals surface area contributed by atoms with Crippen LogP contribution in [0.15, 0.2) is 24.4 Å². The lowest BCUT2D eigenvalue weighted by atomic mass is 10.2. The first-order valence-corrected chi connectivity index (χ1v) is 5.76. The molecule has 2 aromatic rings. The van der Waals surface area contributed by atoms with E-state index in [-0.39, 0.29) is 6.61 Å². The van der Waals surface area contributed by atoms with Crippen molar-refractivity contribution in [1.82, 2.24) is 9.97 Å². The lowest BCUT2D eigenvalue weighted by molar-refractivity contribution is 0.280. The Morgan fingerprint density at radius 1 is 1.24 bits per heavy atom. The van der Waals surface area contributed by atoms with Crippen LogP contribution in [0.5, 0.6) is 0 Å². The average Bonchev–Trinajstić information content (AvgIpc) is 2.32. The smallest absolute Gasteiger partial charge is 0.159 e. The second-order valence-electron chi connectivity index (χ2n) is 3.59. The second-order valence-corrected chi connectivity index (χ2v) is 4.41. The third-order valence-electron chi connectivity index (χ3n) is 2.43. The Bertz CT molecular complexity index is 558. The van der Waals surface area contributed by atoms with Gasteiger partial charge in [-0.15, -0.1) is 0 Å². The standard InChI is InChI=1S/C12H10Cl2N2O/c1-7-9(6-17)5-15-12(16-7)8-2-3-10(13)11(14)4-8/h2-5,17H,6H2,1H3. The molecule has 3 nitrogen and oxygen atoms in total. The summed E-state index contributed by atoms with van der Waals surface area (Å²) in [5.41, 5.74) is 2.27. The van der Waals surface area contributed by atoms with Crippen molar-refractivity contribution in [2.24, 2.45) is 0 Å². The molecule has 0 aliphatic carbocycles. The van der Waals surface area contributed by atoms with Crippen molar-refractivity contribution in [1.29, 1.82) is 0 Å². The van der Waals surface area contributed by atoms with Crippen molar-refractivity contribution in [3.8, 4) is 11.4 Å². The zero-order valence-corrected chi connectivity index (χ0v) is 10.6. The van der Waals surface area contributed by atoms with Gasteiger partial charge in [0.1, 0.15) is 0 Å². The summed E-state index contributed by atoms with van der Waals surface area (Å²) >= 11 is 11.8. The lowest BCUT2D eigenvalue weighted by Crippen LogP contribution is -1.97. The summed E-state index contributed by atoms with van der Waals surface area (Å²) in [5.74, 6) is 0.568. The summed E-state index contributed by atoms with van der Waals surface area (Å²) in [7, 11) is 0. The fourth-order valence-corrected chi connectivity index (χ4v) is 1.72. The molecule has 0 unspecified atom stereocenters. The molecule has 17 heavy (non-hydrogen) atoms. The first-order chi connectivity index (χ1) is 8.11. The maximum atomic E-state index is 9.04. The molecule has 0 fully saturated rings. The number of nitrogens with zero attached hydrogens (tertiary/aromatic N) is 2. The van der Waals surface area contributed by atoms with Crippen molar-refractivity contribution in [3.05, 3.63) is 45.7 Å². The molecule has 5 heteroatoms. The number of aliphatic hydroxyl groups excluding tert-OH is 1. The van der Waals surface area contributed by atoms with Crippen LogP contribution in [-0.4, -0.2) is 15.1 Å². The first-order valence-electron chi connectivity index (χ1n) is 5.00. The van der Waals surface area contributed by atoms with E-state index in [1.165, 1.54) is 0 Å². The molecule has 0 saturated heterocycles. The van der Waals surface area contributed by atoms with Crippen molar-refractivity contribution in [2.75, 3.05) is 0 Å². The molecule has 1 aromatic heterocycles. The molecule has 0 bridgehead atoms. The van der Waals surface area contributed by atoms with E-state index < -0.39 is 0 Å². The number of benzene rings is 1. The number of rotatable bonds is 2. The highest BCUT2D eigenvalue weighted by Crippen LogP contribution is 2.26. The predicted molar refractivity (Wildman–Crippen MR) is 68.1 cm³/mol. The van der Waals surface area contributed by atoms with E-state index >= 15 is 0 Å². The number of halogens is 2. The number of aromatic nitrogens is 2. The lowest BCUT2D eigenvalue weighted by Gasteiger charge is -2.05. The SMILES string of the molecule is Cc1nc(-c2ccc(Cl)c(Cl)c2)ncc1CO. The molecule has 0 aliphatic heterocycles. The molecular weight excluding hydrogens is 259 g/mol. The van der Waals surface area contributed by atoms with E-state index in [0.29, 0.717) is 21.4 Å². The van der Waals surface area contributed by atoms with Crippen molar-refractivity contribution >= 4 is 23.2 Å². The quantitative estimate of drug-likeness (QED) is 0.910. The van der Waals surface area contributed by atoms with E-state index in [1.54, 1.807) is 18.3 Å². The minimum Gasteiger partial charge on any atom is -0.392 e. The summed E-state index contributed by atoms with van der Waals surface area (Å²) in [6.07, 6.45) is 1.61. The fourth-order valence-electron chi connectivity index (χ4n) is 1.42. The normalized spacial score (nSPS) is 10.6. The van der Waals surface area contributed by atoms with E-state index in [9.17, 15) is 0 Å². The zero-order chi connectivity index (χ0) is 12.4. The molecular formula is C12H10Cl2N2O. The van der Waals surface area contributed by atoms with E-state index in [2.05, 4.69) is 9.97 Å². The Labute approximate surface area is 109 Å². The number of aryl methyl sites for hydroxylation is 1. The highest BCUT2D eigenvalue weighted by atomic mass is 35.5. The molecule has 0 spiro atoms. The van der Waals surface area contributed by atoms with E-state index in [1.807, 2.05) is 13.0 Å². The Balaban J connectivity index is 2.46.